The van der Waals surface area contributed by atoms with Crippen molar-refractivity contribution < 1.29 is 14.2 Å². The topological polar surface area (TPSA) is 43.3 Å². The average molecular weight is 439 g/mol. The van der Waals surface area contributed by atoms with Crippen molar-refractivity contribution in [2.75, 3.05) is 6.79 Å². The fraction of sp³-hybridized carbons (Fsp3) is 0.174. The number of hydrogen-bond acceptors (Lipinski definition) is 5. The van der Waals surface area contributed by atoms with Crippen LogP contribution in [0.25, 0.3) is 0 Å². The van der Waals surface area contributed by atoms with Gasteiger partial charge < -0.3 is 14.2 Å². The highest BCUT2D eigenvalue weighted by Gasteiger charge is 2.41. The van der Waals surface area contributed by atoms with Crippen LogP contribution in [0.1, 0.15) is 35.4 Å². The van der Waals surface area contributed by atoms with Gasteiger partial charge in [-0.2, -0.15) is 5.10 Å². The maximum atomic E-state index is 6.51. The van der Waals surface area contributed by atoms with E-state index in [1.54, 1.807) is 0 Å². The number of ether oxygens (including phenoxy) is 3. The summed E-state index contributed by atoms with van der Waals surface area (Å²) < 4.78 is 17.3. The summed E-state index contributed by atoms with van der Waals surface area (Å²) in [6.07, 6.45) is 0.293. The molecule has 3 heterocycles. The van der Waals surface area contributed by atoms with Crippen LogP contribution < -0.4 is 14.2 Å². The van der Waals surface area contributed by atoms with Crippen molar-refractivity contribution in [3.05, 3.63) is 87.4 Å². The Balaban J connectivity index is 1.45. The Labute approximate surface area is 183 Å². The third-order valence-corrected chi connectivity index (χ3v) is 6.21. The van der Waals surface area contributed by atoms with Gasteiger partial charge >= 0.3 is 0 Å². The molecule has 30 heavy (non-hydrogen) atoms. The van der Waals surface area contributed by atoms with Crippen molar-refractivity contribution in [1.82, 2.24) is 5.01 Å². The van der Waals surface area contributed by atoms with Crippen LogP contribution in [0.15, 0.2) is 65.8 Å². The van der Waals surface area contributed by atoms with Crippen LogP contribution in [-0.4, -0.2) is 17.5 Å². The normalized spacial score (nSPS) is 21.0. The first kappa shape index (κ1) is 17.9. The molecule has 7 heteroatoms. The van der Waals surface area contributed by atoms with Crippen LogP contribution in [0.3, 0.4) is 0 Å². The van der Waals surface area contributed by atoms with Crippen molar-refractivity contribution >= 4 is 28.9 Å². The Kier molecular flexibility index (Phi) is 4.08. The van der Waals surface area contributed by atoms with Gasteiger partial charge in [0.05, 0.1) is 11.8 Å². The third kappa shape index (κ3) is 2.81. The first-order chi connectivity index (χ1) is 14.7. The quantitative estimate of drug-likeness (QED) is 0.494. The molecule has 0 N–H and O–H groups in total. The Bertz CT molecular complexity index is 1200. The zero-order valence-corrected chi connectivity index (χ0v) is 17.2. The van der Waals surface area contributed by atoms with Gasteiger partial charge in [-0.1, -0.05) is 41.4 Å². The van der Waals surface area contributed by atoms with Crippen LogP contribution in [-0.2, 0) is 0 Å². The lowest BCUT2D eigenvalue weighted by Gasteiger charge is -2.38. The summed E-state index contributed by atoms with van der Waals surface area (Å²) in [4.78, 5) is 0. The standard InChI is InChI=1S/C23H16Cl2N2O3/c24-14-6-8-20-16(10-14)19-11-18(13-5-7-21-22(9-13)29-12-28-21)26-27(19)23(30-20)15-3-1-2-4-17(15)25/h1-10,19,23H,11-12H2/t19-,23-/m1/s1. The zero-order valence-electron chi connectivity index (χ0n) is 15.7. The molecule has 150 valence electrons. The van der Waals surface area contributed by atoms with Crippen LogP contribution in [0, 0.1) is 0 Å². The number of hydrogen-bond donors (Lipinski definition) is 0. The molecular formula is C23H16Cl2N2O3. The SMILES string of the molecule is Clc1ccc2c(c1)[C@H]1CC(c3ccc4c(c3)OCO4)=NN1[C@@H](c1ccccc1Cl)O2. The number of nitrogens with zero attached hydrogens (tertiary/aromatic N) is 2. The second-order valence-corrected chi connectivity index (χ2v) is 8.23. The van der Waals surface area contributed by atoms with Crippen molar-refractivity contribution in [1.29, 1.82) is 0 Å². The van der Waals surface area contributed by atoms with E-state index in [0.29, 0.717) is 10.0 Å². The second kappa shape index (κ2) is 6.83. The maximum absolute atomic E-state index is 6.51. The number of hydrazone groups is 1. The smallest absolute Gasteiger partial charge is 0.231 e. The highest BCUT2D eigenvalue weighted by atomic mass is 35.5. The molecule has 0 unspecified atom stereocenters. The predicted molar refractivity (Wildman–Crippen MR) is 115 cm³/mol. The summed E-state index contributed by atoms with van der Waals surface area (Å²) in [6.45, 7) is 0.244. The monoisotopic (exact) mass is 438 g/mol. The van der Waals surface area contributed by atoms with Gasteiger partial charge in [0.1, 0.15) is 5.75 Å². The van der Waals surface area contributed by atoms with Crippen LogP contribution in [0.2, 0.25) is 10.0 Å². The van der Waals surface area contributed by atoms with E-state index in [2.05, 4.69) is 0 Å². The van der Waals surface area contributed by atoms with E-state index in [4.69, 9.17) is 42.5 Å². The van der Waals surface area contributed by atoms with Crippen molar-refractivity contribution in [2.24, 2.45) is 5.10 Å². The number of rotatable bonds is 2. The van der Waals surface area contributed by atoms with Gasteiger partial charge in [0.2, 0.25) is 13.0 Å². The fourth-order valence-electron chi connectivity index (χ4n) is 4.19. The van der Waals surface area contributed by atoms with Gasteiger partial charge in [0.25, 0.3) is 0 Å². The summed E-state index contributed by atoms with van der Waals surface area (Å²) in [7, 11) is 0. The largest absolute Gasteiger partial charge is 0.464 e. The van der Waals surface area contributed by atoms with Crippen LogP contribution in [0.5, 0.6) is 17.2 Å². The summed E-state index contributed by atoms with van der Waals surface area (Å²) >= 11 is 12.8. The molecule has 0 saturated heterocycles. The molecule has 2 atom stereocenters. The molecule has 5 nitrogen and oxygen atoms in total. The lowest BCUT2D eigenvalue weighted by molar-refractivity contribution is -0.0189. The van der Waals surface area contributed by atoms with Gasteiger partial charge in [0, 0.05) is 33.2 Å². The summed E-state index contributed by atoms with van der Waals surface area (Å²) in [5.74, 6) is 2.29. The maximum Gasteiger partial charge on any atom is 0.231 e. The van der Waals surface area contributed by atoms with Gasteiger partial charge in [-0.3, -0.25) is 0 Å². The minimum Gasteiger partial charge on any atom is -0.464 e. The molecule has 0 amide bonds. The van der Waals surface area contributed by atoms with Crippen LogP contribution in [0.4, 0.5) is 0 Å². The predicted octanol–water partition coefficient (Wildman–Crippen LogP) is 5.96. The van der Waals surface area contributed by atoms with Crippen molar-refractivity contribution in [3.63, 3.8) is 0 Å². The summed E-state index contributed by atoms with van der Waals surface area (Å²) in [5.41, 5.74) is 3.84. The lowest BCUT2D eigenvalue weighted by atomic mass is 9.95. The second-order valence-electron chi connectivity index (χ2n) is 7.39. The van der Waals surface area contributed by atoms with E-state index in [9.17, 15) is 0 Å². The molecule has 0 aromatic heterocycles. The molecule has 0 spiro atoms. The molecule has 0 aliphatic carbocycles. The Morgan fingerprint density at radius 2 is 1.70 bits per heavy atom. The van der Waals surface area contributed by atoms with Crippen molar-refractivity contribution in [3.8, 4) is 17.2 Å². The molecule has 3 aromatic rings. The lowest BCUT2D eigenvalue weighted by Crippen LogP contribution is -2.33. The van der Waals surface area contributed by atoms with E-state index in [1.807, 2.05) is 65.7 Å². The first-order valence-corrected chi connectivity index (χ1v) is 10.4. The van der Waals surface area contributed by atoms with Gasteiger partial charge in [-0.15, -0.1) is 0 Å². The average Bonchev–Trinajstić information content (AvgIpc) is 3.40. The number of benzene rings is 3. The van der Waals surface area contributed by atoms with Crippen LogP contribution >= 0.6 is 23.2 Å². The molecule has 0 radical (unpaired) electrons. The zero-order chi connectivity index (χ0) is 20.2. The van der Waals surface area contributed by atoms with Gasteiger partial charge in [-0.25, -0.2) is 5.01 Å². The molecule has 6 rings (SSSR count). The Morgan fingerprint density at radius 3 is 2.60 bits per heavy atom. The molecule has 0 bridgehead atoms. The van der Waals surface area contributed by atoms with E-state index in [1.165, 1.54) is 0 Å². The third-order valence-electron chi connectivity index (χ3n) is 5.63. The molecule has 3 aliphatic heterocycles. The van der Waals surface area contributed by atoms with E-state index in [-0.39, 0.29) is 12.8 Å². The first-order valence-electron chi connectivity index (χ1n) is 9.64. The highest BCUT2D eigenvalue weighted by molar-refractivity contribution is 6.31. The van der Waals surface area contributed by atoms with E-state index >= 15 is 0 Å². The molecule has 0 saturated carbocycles. The van der Waals surface area contributed by atoms with E-state index in [0.717, 1.165) is 46.1 Å². The Morgan fingerprint density at radius 1 is 0.867 bits per heavy atom. The van der Waals surface area contributed by atoms with Gasteiger partial charge in [0.15, 0.2) is 11.5 Å². The number of halogens is 2. The fourth-order valence-corrected chi connectivity index (χ4v) is 4.60. The Hall–Kier alpha value is -2.89. The molecular weight excluding hydrogens is 423 g/mol. The van der Waals surface area contributed by atoms with Gasteiger partial charge in [-0.05, 0) is 42.5 Å². The minimum atomic E-state index is -0.427. The number of fused-ring (bicyclic) bond motifs is 4. The minimum absolute atomic E-state index is 0.00542. The summed E-state index contributed by atoms with van der Waals surface area (Å²) in [5, 5.41) is 8.26. The highest BCUT2D eigenvalue weighted by Crippen LogP contribution is 2.49. The summed E-state index contributed by atoms with van der Waals surface area (Å²) in [6, 6.07) is 19.3. The molecule has 3 aliphatic rings. The molecule has 3 aromatic carbocycles. The van der Waals surface area contributed by atoms with Crippen molar-refractivity contribution in [2.45, 2.75) is 18.7 Å². The molecule has 0 fully saturated rings. The van der Waals surface area contributed by atoms with E-state index < -0.39 is 6.23 Å².